The van der Waals surface area contributed by atoms with Crippen LogP contribution in [0.5, 0.6) is 0 Å². The highest BCUT2D eigenvalue weighted by molar-refractivity contribution is 5.35. The molecule has 1 N–H and O–H groups in total. The van der Waals surface area contributed by atoms with E-state index < -0.39 is 10.7 Å². The number of benzene rings is 1. The van der Waals surface area contributed by atoms with Crippen LogP contribution in [0.3, 0.4) is 0 Å². The lowest BCUT2D eigenvalue weighted by molar-refractivity contribution is -0.385. The Morgan fingerprint density at radius 1 is 1.40 bits per heavy atom. The lowest BCUT2D eigenvalue weighted by atomic mass is 9.82. The van der Waals surface area contributed by atoms with Crippen molar-refractivity contribution in [2.75, 3.05) is 19.8 Å². The Kier molecular flexibility index (Phi) is 4.67. The van der Waals surface area contributed by atoms with Crippen LogP contribution in [0, 0.1) is 21.3 Å². The molecule has 1 aromatic rings. The topological polar surface area (TPSA) is 64.4 Å². The minimum atomic E-state index is -0.577. The average Bonchev–Trinajstić information content (AvgIpc) is 2.38. The van der Waals surface area contributed by atoms with Crippen LogP contribution in [0.15, 0.2) is 18.2 Å². The molecule has 1 saturated heterocycles. The normalized spacial score (nSPS) is 17.9. The van der Waals surface area contributed by atoms with Crippen LogP contribution >= 0.6 is 0 Å². The van der Waals surface area contributed by atoms with Crippen LogP contribution in [-0.4, -0.2) is 24.7 Å². The molecule has 0 atom stereocenters. The van der Waals surface area contributed by atoms with Crippen LogP contribution in [0.2, 0.25) is 0 Å². The zero-order valence-corrected chi connectivity index (χ0v) is 11.5. The van der Waals surface area contributed by atoms with Crippen molar-refractivity contribution in [1.82, 2.24) is 5.32 Å². The maximum Gasteiger partial charge on any atom is 0.272 e. The van der Waals surface area contributed by atoms with Gasteiger partial charge >= 0.3 is 0 Å². The summed E-state index contributed by atoms with van der Waals surface area (Å²) in [4.78, 5) is 10.1. The number of halogens is 1. The highest BCUT2D eigenvalue weighted by Gasteiger charge is 2.26. The standard InChI is InChI=1S/C14H19FN2O3/c1-14(2-4-20-5-3-14)10-16-9-11-6-12(15)8-13(7-11)17(18)19/h6-8,16H,2-5,9-10H2,1H3. The van der Waals surface area contributed by atoms with Crippen molar-refractivity contribution in [3.05, 3.63) is 39.7 Å². The smallest absolute Gasteiger partial charge is 0.272 e. The molecule has 1 heterocycles. The number of nitro benzene ring substituents is 1. The monoisotopic (exact) mass is 282 g/mol. The SMILES string of the molecule is CC1(CNCc2cc(F)cc([N+](=O)[O-])c2)CCOCC1. The van der Waals surface area contributed by atoms with Gasteiger partial charge in [0.05, 0.1) is 11.0 Å². The third-order valence-electron chi connectivity index (χ3n) is 3.73. The zero-order chi connectivity index (χ0) is 14.6. The predicted molar refractivity (Wildman–Crippen MR) is 72.9 cm³/mol. The number of nitrogens with one attached hydrogen (secondary N) is 1. The van der Waals surface area contributed by atoms with Crippen LogP contribution in [0.4, 0.5) is 10.1 Å². The molecule has 1 fully saturated rings. The van der Waals surface area contributed by atoms with Gasteiger partial charge in [0.1, 0.15) is 5.82 Å². The molecular formula is C14H19FN2O3. The van der Waals surface area contributed by atoms with Crippen LogP contribution in [-0.2, 0) is 11.3 Å². The molecular weight excluding hydrogens is 263 g/mol. The first-order chi connectivity index (χ1) is 9.48. The maximum atomic E-state index is 13.3. The number of hydrogen-bond donors (Lipinski definition) is 1. The van der Waals surface area contributed by atoms with Gasteiger partial charge in [-0.25, -0.2) is 4.39 Å². The molecule has 0 aliphatic carbocycles. The van der Waals surface area contributed by atoms with Gasteiger partial charge in [-0.05, 0) is 29.9 Å². The van der Waals surface area contributed by atoms with Crippen molar-refractivity contribution in [3.63, 3.8) is 0 Å². The Morgan fingerprint density at radius 3 is 2.75 bits per heavy atom. The fourth-order valence-electron chi connectivity index (χ4n) is 2.39. The average molecular weight is 282 g/mol. The first kappa shape index (κ1) is 14.9. The van der Waals surface area contributed by atoms with Crippen LogP contribution in [0.25, 0.3) is 0 Å². The Morgan fingerprint density at radius 2 is 2.10 bits per heavy atom. The number of non-ortho nitro benzene ring substituents is 1. The van der Waals surface area contributed by atoms with Crippen LogP contribution in [0.1, 0.15) is 25.3 Å². The number of rotatable bonds is 5. The molecule has 0 amide bonds. The summed E-state index contributed by atoms with van der Waals surface area (Å²) >= 11 is 0. The first-order valence-electron chi connectivity index (χ1n) is 6.71. The van der Waals surface area contributed by atoms with Crippen molar-refractivity contribution >= 4 is 5.69 Å². The third-order valence-corrected chi connectivity index (χ3v) is 3.73. The fraction of sp³-hybridized carbons (Fsp3) is 0.571. The van der Waals surface area contributed by atoms with E-state index in [-0.39, 0.29) is 11.1 Å². The Bertz CT molecular complexity index is 487. The van der Waals surface area contributed by atoms with E-state index in [2.05, 4.69) is 12.2 Å². The van der Waals surface area contributed by atoms with E-state index in [4.69, 9.17) is 4.74 Å². The minimum Gasteiger partial charge on any atom is -0.381 e. The molecule has 0 bridgehead atoms. The van der Waals surface area contributed by atoms with E-state index in [1.165, 1.54) is 12.1 Å². The van der Waals surface area contributed by atoms with E-state index >= 15 is 0 Å². The summed E-state index contributed by atoms with van der Waals surface area (Å²) < 4.78 is 18.6. The summed E-state index contributed by atoms with van der Waals surface area (Å²) in [5.74, 6) is -0.576. The number of nitrogens with zero attached hydrogens (tertiary/aromatic N) is 1. The summed E-state index contributed by atoms with van der Waals surface area (Å²) in [5.41, 5.74) is 0.559. The quantitative estimate of drug-likeness (QED) is 0.666. The number of hydrogen-bond acceptors (Lipinski definition) is 4. The number of nitro groups is 1. The Balaban J connectivity index is 1.92. The van der Waals surface area contributed by atoms with Crippen molar-refractivity contribution in [3.8, 4) is 0 Å². The third kappa shape index (κ3) is 3.98. The van der Waals surface area contributed by atoms with Crippen molar-refractivity contribution in [1.29, 1.82) is 0 Å². The summed E-state index contributed by atoms with van der Waals surface area (Å²) in [5, 5.41) is 13.9. The highest BCUT2D eigenvalue weighted by Crippen LogP contribution is 2.28. The highest BCUT2D eigenvalue weighted by atomic mass is 19.1. The lowest BCUT2D eigenvalue weighted by Gasteiger charge is -2.33. The number of ether oxygens (including phenoxy) is 1. The molecule has 0 saturated carbocycles. The predicted octanol–water partition coefficient (Wildman–Crippen LogP) is 2.64. The minimum absolute atomic E-state index is 0.178. The second-order valence-electron chi connectivity index (χ2n) is 5.60. The van der Waals surface area contributed by atoms with Crippen molar-refractivity contribution in [2.45, 2.75) is 26.3 Å². The van der Waals surface area contributed by atoms with E-state index in [0.717, 1.165) is 38.7 Å². The molecule has 1 aliphatic heterocycles. The molecule has 0 radical (unpaired) electrons. The molecule has 0 unspecified atom stereocenters. The van der Waals surface area contributed by atoms with Crippen LogP contribution < -0.4 is 5.32 Å². The molecule has 0 aromatic heterocycles. The van der Waals surface area contributed by atoms with E-state index in [1.807, 2.05) is 0 Å². The Hall–Kier alpha value is -1.53. The van der Waals surface area contributed by atoms with Gasteiger partial charge in [0.2, 0.25) is 0 Å². The molecule has 2 rings (SSSR count). The molecule has 6 heteroatoms. The van der Waals surface area contributed by atoms with Gasteiger partial charge < -0.3 is 10.1 Å². The van der Waals surface area contributed by atoms with Gasteiger partial charge in [0.25, 0.3) is 5.69 Å². The van der Waals surface area contributed by atoms with Gasteiger partial charge in [-0.1, -0.05) is 6.92 Å². The molecule has 20 heavy (non-hydrogen) atoms. The molecule has 110 valence electrons. The Labute approximate surface area is 117 Å². The van der Waals surface area contributed by atoms with Crippen molar-refractivity contribution in [2.24, 2.45) is 5.41 Å². The second kappa shape index (κ2) is 6.28. The maximum absolute atomic E-state index is 13.3. The van der Waals surface area contributed by atoms with Gasteiger partial charge in [-0.3, -0.25) is 10.1 Å². The van der Waals surface area contributed by atoms with Gasteiger partial charge in [0, 0.05) is 32.4 Å². The summed E-state index contributed by atoms with van der Waals surface area (Å²) in [6.45, 7) is 4.94. The fourth-order valence-corrected chi connectivity index (χ4v) is 2.39. The molecule has 0 spiro atoms. The van der Waals surface area contributed by atoms with Crippen molar-refractivity contribution < 1.29 is 14.1 Å². The summed E-state index contributed by atoms with van der Waals surface area (Å²) in [6, 6.07) is 3.66. The second-order valence-corrected chi connectivity index (χ2v) is 5.60. The van der Waals surface area contributed by atoms with Gasteiger partial charge in [0.15, 0.2) is 0 Å². The lowest BCUT2D eigenvalue weighted by Crippen LogP contribution is -2.36. The van der Waals surface area contributed by atoms with E-state index in [0.29, 0.717) is 12.1 Å². The zero-order valence-electron chi connectivity index (χ0n) is 11.5. The van der Waals surface area contributed by atoms with E-state index in [1.54, 1.807) is 0 Å². The largest absolute Gasteiger partial charge is 0.381 e. The molecule has 5 nitrogen and oxygen atoms in total. The van der Waals surface area contributed by atoms with Gasteiger partial charge in [-0.15, -0.1) is 0 Å². The molecule has 1 aromatic carbocycles. The van der Waals surface area contributed by atoms with E-state index in [9.17, 15) is 14.5 Å². The summed E-state index contributed by atoms with van der Waals surface area (Å²) in [7, 11) is 0. The summed E-state index contributed by atoms with van der Waals surface area (Å²) in [6.07, 6.45) is 1.98. The van der Waals surface area contributed by atoms with Gasteiger partial charge in [-0.2, -0.15) is 0 Å². The first-order valence-corrected chi connectivity index (χ1v) is 6.71. The molecule has 1 aliphatic rings.